The van der Waals surface area contributed by atoms with E-state index in [0.29, 0.717) is 0 Å². The third-order valence-corrected chi connectivity index (χ3v) is 3.40. The molecule has 0 aliphatic rings. The molecule has 0 aromatic heterocycles. The second-order valence-corrected chi connectivity index (χ2v) is 6.67. The van der Waals surface area contributed by atoms with Crippen molar-refractivity contribution < 1.29 is 62.4 Å². The summed E-state index contributed by atoms with van der Waals surface area (Å²) in [4.78, 5) is 15.5. The first kappa shape index (κ1) is 16.7. The van der Waals surface area contributed by atoms with E-state index in [9.17, 15) is 11.4 Å². The van der Waals surface area contributed by atoms with E-state index in [1.165, 1.54) is 0 Å². The molecule has 5 N–H and O–H groups in total. The number of phosphoric acid groups is 1. The maximum atomic E-state index is 9.61. The van der Waals surface area contributed by atoms with Crippen molar-refractivity contribution in [3.8, 4) is 0 Å². The van der Waals surface area contributed by atoms with Crippen LogP contribution in [0.3, 0.4) is 0 Å². The summed E-state index contributed by atoms with van der Waals surface area (Å²) in [5, 5.41) is 0. The molecule has 0 aliphatic heterocycles. The van der Waals surface area contributed by atoms with E-state index in [4.69, 9.17) is 31.1 Å². The predicted octanol–water partition coefficient (Wildman–Crippen LogP) is -1.89. The van der Waals surface area contributed by atoms with Crippen LogP contribution in [0.5, 0.6) is 0 Å². The van der Waals surface area contributed by atoms with E-state index in [1.807, 2.05) is 0 Å². The summed E-state index contributed by atoms with van der Waals surface area (Å²) in [5.41, 5.74) is 0. The van der Waals surface area contributed by atoms with Gasteiger partial charge < -0.3 is 0 Å². The van der Waals surface area contributed by atoms with Crippen molar-refractivity contribution in [1.29, 1.82) is 0 Å². The van der Waals surface area contributed by atoms with Gasteiger partial charge in [-0.1, -0.05) is 0 Å². The Kier molecular flexibility index (Phi) is 6.36. The van der Waals surface area contributed by atoms with Crippen LogP contribution in [0.2, 0.25) is 0 Å². The molecule has 88 valence electrons. The molecule has 0 unspecified atom stereocenters. The molecule has 0 aromatic carbocycles. The topological polar surface area (TPSA) is 196 Å². The molecule has 14 heteroatoms. The van der Waals surface area contributed by atoms with E-state index in [-0.39, 0.29) is 0 Å². The molecule has 0 atom stereocenters. The summed E-state index contributed by atoms with van der Waals surface area (Å²) in [6.07, 6.45) is 0. The largest absolute Gasteiger partial charge is 0.394 e. The van der Waals surface area contributed by atoms with Crippen molar-refractivity contribution in [3.63, 3.8) is 0 Å². The molecule has 11 nitrogen and oxygen atoms in total. The van der Waals surface area contributed by atoms with Gasteiger partial charge in [0, 0.05) is 0 Å². The summed E-state index contributed by atoms with van der Waals surface area (Å²) in [6.45, 7) is 0. The van der Waals surface area contributed by atoms with Crippen LogP contribution in [-0.2, 0) is 41.7 Å². The van der Waals surface area contributed by atoms with Crippen LogP contribution in [-0.4, -0.2) is 31.1 Å². The maximum absolute atomic E-state index is 9.61. The first-order chi connectivity index (χ1) is 5.71. The molecule has 0 amide bonds. The fraction of sp³-hybridized carbons (Fsp3) is 0. The van der Waals surface area contributed by atoms with Gasteiger partial charge in [0.25, 0.3) is 0 Å². The molecule has 0 aliphatic carbocycles. The molecule has 0 saturated carbocycles. The smallest absolute Gasteiger partial charge is 0.264 e. The van der Waals surface area contributed by atoms with E-state index in [0.717, 1.165) is 0 Å². The number of hydrogen-bond donors (Lipinski definition) is 5. The first-order valence-electron chi connectivity index (χ1n) is 2.15. The van der Waals surface area contributed by atoms with Gasteiger partial charge in [-0.25, -0.2) is 0 Å². The van der Waals surface area contributed by atoms with Crippen LogP contribution >= 0.6 is 7.82 Å². The predicted molar refractivity (Wildman–Crippen MR) is 30.9 cm³/mol. The number of hydrogen-bond acceptors (Lipinski definition) is 6. The minimum absolute atomic E-state index is 2.93. The van der Waals surface area contributed by atoms with Crippen LogP contribution in [0.4, 0.5) is 0 Å². The van der Waals surface area contributed by atoms with Crippen molar-refractivity contribution in [2.45, 2.75) is 0 Å². The Balaban J connectivity index is 0. The van der Waals surface area contributed by atoms with Gasteiger partial charge >= 0.3 is 63.1 Å². The molecule has 0 aromatic rings. The van der Waals surface area contributed by atoms with Crippen molar-refractivity contribution in [2.75, 3.05) is 0 Å². The third kappa shape index (κ3) is 39.7. The van der Waals surface area contributed by atoms with Crippen LogP contribution in [0.15, 0.2) is 0 Å². The molecule has 14 heavy (non-hydrogen) atoms. The Morgan fingerprint density at radius 3 is 1.36 bits per heavy atom. The standard InChI is InChI=1S/Mo.H3O4P.H2O4S.H2O.2O/c;2*1-5(2,3)4;;;/h;(H3,1,2,3,4);(H2,1,2,3,4);1H2;;/q+2;;;;;/p-2. The molecule has 0 heterocycles. The Hall–Kier alpha value is 0.228. The van der Waals surface area contributed by atoms with Gasteiger partial charge in [-0.05, 0) is 0 Å². The van der Waals surface area contributed by atoms with Gasteiger partial charge in [-0.3, -0.25) is 9.11 Å². The van der Waals surface area contributed by atoms with Gasteiger partial charge in [-0.15, -0.1) is 0 Å². The summed E-state index contributed by atoms with van der Waals surface area (Å²) in [5.74, 6) is 0. The SMILES string of the molecule is O=P(O)(O)[O][Mo](=[O])(=[O])[OH].O=S(=O)(O)O. The third-order valence-electron chi connectivity index (χ3n) is 0.191. The van der Waals surface area contributed by atoms with Gasteiger partial charge in [0.05, 0.1) is 0 Å². The maximum Gasteiger partial charge on any atom is 0.394 e. The van der Waals surface area contributed by atoms with E-state index in [1.54, 1.807) is 0 Å². The zero-order valence-corrected chi connectivity index (χ0v) is 9.67. The van der Waals surface area contributed by atoms with Gasteiger partial charge in [0.1, 0.15) is 0 Å². The zero-order chi connectivity index (χ0) is 12.2. The molecular weight excluding hydrogens is 335 g/mol. The van der Waals surface area contributed by atoms with Crippen LogP contribution < -0.4 is 0 Å². The fourth-order valence-electron chi connectivity index (χ4n) is 0.123. The van der Waals surface area contributed by atoms with E-state index in [2.05, 4.69) is 3.18 Å². The average molecular weight is 340 g/mol. The van der Waals surface area contributed by atoms with Crippen molar-refractivity contribution >= 4 is 18.2 Å². The molecule has 0 bridgehead atoms. The zero-order valence-electron chi connectivity index (χ0n) is 5.95. The van der Waals surface area contributed by atoms with Crippen LogP contribution in [0, 0.1) is 0 Å². The molecule has 0 fully saturated rings. The minimum atomic E-state index is -6.03. The second-order valence-electron chi connectivity index (χ2n) is 1.44. The second kappa shape index (κ2) is 5.35. The normalized spacial score (nSPS) is 12.9. The molecular formula is H5MoO11PS. The number of rotatable bonds is 2. The van der Waals surface area contributed by atoms with Crippen molar-refractivity contribution in [3.05, 3.63) is 0 Å². The Labute approximate surface area is 80.9 Å². The summed E-state index contributed by atoms with van der Waals surface area (Å²) < 4.78 is 71.0. The van der Waals surface area contributed by atoms with Gasteiger partial charge in [0.15, 0.2) is 0 Å². The van der Waals surface area contributed by atoms with Gasteiger partial charge in [-0.2, -0.15) is 8.42 Å². The monoisotopic (exact) mass is 342 g/mol. The summed E-state index contributed by atoms with van der Waals surface area (Å²) >= 11 is -6.03. The molecule has 0 spiro atoms. The Bertz CT molecular complexity index is 383. The minimum Gasteiger partial charge on any atom is -0.264 e. The molecule has 0 saturated heterocycles. The first-order valence-corrected chi connectivity index (χ1v) is 8.43. The fourth-order valence-corrected chi connectivity index (χ4v) is 2.18. The average Bonchev–Trinajstić information content (AvgIpc) is 1.42. The Morgan fingerprint density at radius 2 is 1.36 bits per heavy atom. The van der Waals surface area contributed by atoms with E-state index < -0.39 is 35.0 Å². The van der Waals surface area contributed by atoms with Crippen LogP contribution in [0.1, 0.15) is 0 Å². The summed E-state index contributed by atoms with van der Waals surface area (Å²) in [6, 6.07) is 0. The van der Waals surface area contributed by atoms with Crippen molar-refractivity contribution in [1.82, 2.24) is 0 Å². The van der Waals surface area contributed by atoms with E-state index >= 15 is 0 Å². The molecule has 0 radical (unpaired) electrons. The summed E-state index contributed by atoms with van der Waals surface area (Å²) in [7, 11) is -9.74. The van der Waals surface area contributed by atoms with Crippen molar-refractivity contribution in [2.24, 2.45) is 0 Å². The van der Waals surface area contributed by atoms with Crippen LogP contribution in [0.25, 0.3) is 0 Å². The van der Waals surface area contributed by atoms with Gasteiger partial charge in [0.2, 0.25) is 0 Å². The Morgan fingerprint density at radius 1 is 1.14 bits per heavy atom. The molecule has 0 rings (SSSR count). The quantitative estimate of drug-likeness (QED) is 0.214.